The SMILES string of the molecule is CN1CCCCC1.COc1ccnc2ccc(C#CCNC(=O)c3cccn(Cc4cc(F)c(F)c(F)c4)c3=O)cc12. The molecule has 1 fully saturated rings. The molecule has 1 saturated heterocycles. The van der Waals surface area contributed by atoms with Crippen molar-refractivity contribution in [3.8, 4) is 17.6 Å². The summed E-state index contributed by atoms with van der Waals surface area (Å²) in [4.78, 5) is 31.8. The summed E-state index contributed by atoms with van der Waals surface area (Å²) in [5.74, 6) is 1.47. The van der Waals surface area contributed by atoms with Crippen molar-refractivity contribution < 1.29 is 22.7 Å². The highest BCUT2D eigenvalue weighted by molar-refractivity contribution is 5.94. The number of rotatable bonds is 5. The number of fused-ring (bicyclic) bond motifs is 1. The van der Waals surface area contributed by atoms with Gasteiger partial charge in [-0.05, 0) is 87.1 Å². The van der Waals surface area contributed by atoms with Gasteiger partial charge in [0.05, 0.1) is 25.7 Å². The first-order valence-corrected chi connectivity index (χ1v) is 13.5. The van der Waals surface area contributed by atoms with E-state index in [1.165, 1.54) is 50.7 Å². The molecule has 0 saturated carbocycles. The summed E-state index contributed by atoms with van der Waals surface area (Å²) in [6.45, 7) is 2.37. The molecule has 1 N–H and O–H groups in total. The predicted octanol–water partition coefficient (Wildman–Crippen LogP) is 4.75. The molecule has 5 rings (SSSR count). The lowest BCUT2D eigenvalue weighted by molar-refractivity contribution is 0.0956. The Bertz CT molecular complexity index is 1670. The van der Waals surface area contributed by atoms with Crippen molar-refractivity contribution in [1.82, 2.24) is 19.8 Å². The Morgan fingerprint density at radius 2 is 1.79 bits per heavy atom. The van der Waals surface area contributed by atoms with Gasteiger partial charge in [-0.3, -0.25) is 14.6 Å². The average molecular weight is 577 g/mol. The molecule has 7 nitrogen and oxygen atoms in total. The van der Waals surface area contributed by atoms with Crippen molar-refractivity contribution in [2.75, 3.05) is 33.8 Å². The lowest BCUT2D eigenvalue weighted by atomic mass is 10.1. The molecule has 1 amide bonds. The topological polar surface area (TPSA) is 76.5 Å². The van der Waals surface area contributed by atoms with Gasteiger partial charge in [0.1, 0.15) is 11.3 Å². The highest BCUT2D eigenvalue weighted by Gasteiger charge is 2.14. The summed E-state index contributed by atoms with van der Waals surface area (Å²) in [7, 11) is 3.76. The number of carbonyl (C=O) groups excluding carboxylic acids is 1. The lowest BCUT2D eigenvalue weighted by Gasteiger charge is -2.20. The number of piperidine rings is 1. The summed E-state index contributed by atoms with van der Waals surface area (Å²) in [5.41, 5.74) is 0.652. The van der Waals surface area contributed by atoms with Crippen LogP contribution < -0.4 is 15.6 Å². The standard InChI is InChI=1S/C26H18F3N3O3.C6H13N/c1-35-23-8-10-30-22-7-6-16(12-19(22)23)4-2-9-31-25(33)18-5-3-11-32(26(18)34)15-17-13-20(27)24(29)21(28)14-17;1-7-5-3-2-4-6-7/h3,5-8,10-14H,9,15H2,1H3,(H,31,33);2-6H2,1H3. The van der Waals surface area contributed by atoms with E-state index in [4.69, 9.17) is 4.74 Å². The van der Waals surface area contributed by atoms with Crippen LogP contribution in [0.1, 0.15) is 40.7 Å². The molecule has 218 valence electrons. The molecule has 0 bridgehead atoms. The van der Waals surface area contributed by atoms with Crippen LogP contribution in [0, 0.1) is 29.3 Å². The van der Waals surface area contributed by atoms with Crippen LogP contribution >= 0.6 is 0 Å². The van der Waals surface area contributed by atoms with Crippen LogP contribution in [0.25, 0.3) is 10.9 Å². The van der Waals surface area contributed by atoms with E-state index in [0.29, 0.717) is 11.3 Å². The van der Waals surface area contributed by atoms with Gasteiger partial charge < -0.3 is 19.5 Å². The van der Waals surface area contributed by atoms with Crippen LogP contribution in [0.15, 0.2) is 65.7 Å². The zero-order chi connectivity index (χ0) is 30.1. The molecule has 1 aliphatic heterocycles. The molecule has 0 spiro atoms. The molecule has 1 aliphatic rings. The maximum absolute atomic E-state index is 13.5. The first-order chi connectivity index (χ1) is 20.3. The van der Waals surface area contributed by atoms with E-state index in [9.17, 15) is 22.8 Å². The zero-order valence-electron chi connectivity index (χ0n) is 23.4. The van der Waals surface area contributed by atoms with E-state index in [-0.39, 0.29) is 24.2 Å². The third-order valence-electron chi connectivity index (χ3n) is 6.73. The maximum atomic E-state index is 13.5. The number of halogens is 3. The maximum Gasteiger partial charge on any atom is 0.263 e. The third kappa shape index (κ3) is 7.77. The van der Waals surface area contributed by atoms with Gasteiger partial charge in [0.25, 0.3) is 11.5 Å². The van der Waals surface area contributed by atoms with Gasteiger partial charge in [-0.2, -0.15) is 0 Å². The number of hydrogen-bond acceptors (Lipinski definition) is 5. The van der Waals surface area contributed by atoms with Gasteiger partial charge in [0, 0.05) is 23.3 Å². The molecule has 0 radical (unpaired) electrons. The van der Waals surface area contributed by atoms with Gasteiger partial charge >= 0.3 is 0 Å². The molecule has 2 aromatic heterocycles. The summed E-state index contributed by atoms with van der Waals surface area (Å²) >= 11 is 0. The Balaban J connectivity index is 0.000000507. The van der Waals surface area contributed by atoms with Crippen molar-refractivity contribution in [2.24, 2.45) is 0 Å². The van der Waals surface area contributed by atoms with E-state index < -0.39 is 28.9 Å². The Kier molecular flexibility index (Phi) is 10.3. The fourth-order valence-corrected chi connectivity index (χ4v) is 4.52. The third-order valence-corrected chi connectivity index (χ3v) is 6.73. The van der Waals surface area contributed by atoms with Crippen LogP contribution in [-0.4, -0.2) is 54.1 Å². The minimum atomic E-state index is -1.59. The monoisotopic (exact) mass is 576 g/mol. The second kappa shape index (κ2) is 14.3. The van der Waals surface area contributed by atoms with Crippen LogP contribution in [-0.2, 0) is 6.54 Å². The molecule has 4 aromatic rings. The zero-order valence-corrected chi connectivity index (χ0v) is 23.4. The summed E-state index contributed by atoms with van der Waals surface area (Å²) < 4.78 is 46.5. The number of amides is 1. The Morgan fingerprint density at radius 3 is 2.45 bits per heavy atom. The van der Waals surface area contributed by atoms with Gasteiger partial charge in [0.15, 0.2) is 17.5 Å². The molecule has 0 unspecified atom stereocenters. The van der Waals surface area contributed by atoms with Gasteiger partial charge in [-0.15, -0.1) is 0 Å². The summed E-state index contributed by atoms with van der Waals surface area (Å²) in [6.07, 6.45) is 7.29. The second-order valence-electron chi connectivity index (χ2n) is 9.82. The number of methoxy groups -OCH3 is 1. The van der Waals surface area contributed by atoms with Crippen molar-refractivity contribution in [3.63, 3.8) is 0 Å². The molecule has 0 atom stereocenters. The lowest BCUT2D eigenvalue weighted by Crippen LogP contribution is -2.33. The number of ether oxygens (including phenoxy) is 1. The molecular weight excluding hydrogens is 545 g/mol. The average Bonchev–Trinajstić information content (AvgIpc) is 2.99. The minimum absolute atomic E-state index is 0.0240. The van der Waals surface area contributed by atoms with Gasteiger partial charge in [-0.25, -0.2) is 13.2 Å². The number of pyridine rings is 2. The molecule has 2 aromatic carbocycles. The molecule has 42 heavy (non-hydrogen) atoms. The summed E-state index contributed by atoms with van der Waals surface area (Å²) in [6, 6.07) is 11.6. The Morgan fingerprint density at radius 1 is 1.05 bits per heavy atom. The van der Waals surface area contributed by atoms with Crippen molar-refractivity contribution >= 4 is 16.8 Å². The number of aromatic nitrogens is 2. The number of hydrogen-bond donors (Lipinski definition) is 1. The van der Waals surface area contributed by atoms with E-state index in [1.54, 1.807) is 25.4 Å². The first-order valence-electron chi connectivity index (χ1n) is 13.5. The van der Waals surface area contributed by atoms with E-state index in [0.717, 1.165) is 27.6 Å². The molecule has 3 heterocycles. The van der Waals surface area contributed by atoms with Crippen molar-refractivity contribution in [1.29, 1.82) is 0 Å². The highest BCUT2D eigenvalue weighted by Crippen LogP contribution is 2.24. The fraction of sp³-hybridized carbons (Fsp3) is 0.281. The number of nitrogens with one attached hydrogen (secondary N) is 1. The van der Waals surface area contributed by atoms with Crippen LogP contribution in [0.3, 0.4) is 0 Å². The van der Waals surface area contributed by atoms with E-state index in [1.807, 2.05) is 12.1 Å². The minimum Gasteiger partial charge on any atom is -0.496 e. The number of nitrogens with zero attached hydrogens (tertiary/aromatic N) is 3. The van der Waals surface area contributed by atoms with Crippen LogP contribution in [0.5, 0.6) is 5.75 Å². The van der Waals surface area contributed by atoms with Crippen LogP contribution in [0.4, 0.5) is 13.2 Å². The van der Waals surface area contributed by atoms with E-state index in [2.05, 4.69) is 34.1 Å². The fourth-order valence-electron chi connectivity index (χ4n) is 4.52. The van der Waals surface area contributed by atoms with Crippen molar-refractivity contribution in [3.05, 3.63) is 105 Å². The molecule has 0 aliphatic carbocycles. The number of likely N-dealkylation sites (tertiary alicyclic amines) is 1. The number of benzene rings is 2. The van der Waals surface area contributed by atoms with Crippen LogP contribution in [0.2, 0.25) is 0 Å². The van der Waals surface area contributed by atoms with Crippen molar-refractivity contribution in [2.45, 2.75) is 25.8 Å². The first kappa shape index (κ1) is 30.3. The largest absolute Gasteiger partial charge is 0.496 e. The quantitative estimate of drug-likeness (QED) is 0.274. The normalized spacial score (nSPS) is 13.0. The predicted molar refractivity (Wildman–Crippen MR) is 155 cm³/mol. The molecule has 10 heteroatoms. The van der Waals surface area contributed by atoms with E-state index >= 15 is 0 Å². The van der Waals surface area contributed by atoms with Gasteiger partial charge in [-0.1, -0.05) is 18.3 Å². The highest BCUT2D eigenvalue weighted by atomic mass is 19.2. The Labute approximate surface area is 241 Å². The number of carbonyl (C=O) groups is 1. The smallest absolute Gasteiger partial charge is 0.263 e. The Hall–Kier alpha value is -4.62. The summed E-state index contributed by atoms with van der Waals surface area (Å²) in [5, 5.41) is 3.36. The molecular formula is C32H31F3N4O3. The van der Waals surface area contributed by atoms with Gasteiger partial charge in [0.2, 0.25) is 0 Å². The second-order valence-corrected chi connectivity index (χ2v) is 9.82.